The summed E-state index contributed by atoms with van der Waals surface area (Å²) < 4.78 is 1.06. The zero-order chi connectivity index (χ0) is 9.23. The van der Waals surface area contributed by atoms with Gasteiger partial charge in [0.05, 0.1) is 0 Å². The average molecular weight is 327 g/mol. The maximum Gasteiger partial charge on any atom is 0.0275 e. The molecule has 0 aromatic heterocycles. The van der Waals surface area contributed by atoms with E-state index < -0.39 is 0 Å². The minimum absolute atomic E-state index is 0. The Balaban J connectivity index is -0.000000500. The van der Waals surface area contributed by atoms with E-state index in [1.807, 2.05) is 0 Å². The Bertz CT molecular complexity index is 104. The van der Waals surface area contributed by atoms with Crippen molar-refractivity contribution >= 4 is 36.6 Å². The average Bonchev–Trinajstić information content (AvgIpc) is 1.84. The van der Waals surface area contributed by atoms with Gasteiger partial charge in [-0.05, 0) is 0 Å². The first-order valence-corrected chi connectivity index (χ1v) is 14.5. The van der Waals surface area contributed by atoms with E-state index in [9.17, 15) is 0 Å². The molecule has 0 fully saturated rings. The minimum Gasteiger partial charge on any atom is -0.358 e. The predicted octanol–water partition coefficient (Wildman–Crippen LogP) is 1.04. The third-order valence-corrected chi connectivity index (χ3v) is 33.6. The zero-order valence-electron chi connectivity index (χ0n) is 10.7. The summed E-state index contributed by atoms with van der Waals surface area (Å²) in [4.78, 5) is 0. The second kappa shape index (κ2) is 7.97. The molecule has 0 aliphatic carbocycles. The Kier molecular flexibility index (Phi) is 12.4. The molecule has 0 aliphatic heterocycles. The van der Waals surface area contributed by atoms with Crippen LogP contribution in [0.15, 0.2) is 0 Å². The van der Waals surface area contributed by atoms with Crippen LogP contribution in [-0.4, -0.2) is 36.6 Å². The molecule has 0 nitrogen and oxygen atoms in total. The SMILES string of the molecule is C[SiH](C)C([SiH3])([SiH](C)C)[SiH](C)C.[CH3-].[Zr]. The van der Waals surface area contributed by atoms with E-state index in [1.54, 1.807) is 0 Å². The van der Waals surface area contributed by atoms with Crippen LogP contribution in [0.25, 0.3) is 0 Å². The quantitative estimate of drug-likeness (QED) is 0.537. The van der Waals surface area contributed by atoms with E-state index in [0.717, 1.165) is 3.91 Å². The van der Waals surface area contributed by atoms with E-state index in [0.29, 0.717) is 0 Å². The predicted molar refractivity (Wildman–Crippen MR) is 75.7 cm³/mol. The van der Waals surface area contributed by atoms with Crippen molar-refractivity contribution < 1.29 is 26.2 Å². The van der Waals surface area contributed by atoms with Crippen LogP contribution in [0.2, 0.25) is 43.2 Å². The van der Waals surface area contributed by atoms with Crippen molar-refractivity contribution in [3.8, 4) is 0 Å². The third-order valence-electron chi connectivity index (χ3n) is 3.73. The van der Waals surface area contributed by atoms with Crippen molar-refractivity contribution in [3.05, 3.63) is 7.43 Å². The molecule has 0 aliphatic rings. The molecular weight excluding hydrogens is 300 g/mol. The first-order chi connectivity index (χ1) is 4.83. The summed E-state index contributed by atoms with van der Waals surface area (Å²) in [5.41, 5.74) is 0. The molecule has 0 unspecified atom stereocenters. The summed E-state index contributed by atoms with van der Waals surface area (Å²) in [7, 11) is 0.514. The van der Waals surface area contributed by atoms with E-state index in [2.05, 4.69) is 39.3 Å². The topological polar surface area (TPSA) is 0 Å². The van der Waals surface area contributed by atoms with Gasteiger partial charge >= 0.3 is 0 Å². The van der Waals surface area contributed by atoms with Crippen molar-refractivity contribution in [3.63, 3.8) is 0 Å². The van der Waals surface area contributed by atoms with Gasteiger partial charge in [0.2, 0.25) is 0 Å². The first-order valence-electron chi connectivity index (χ1n) is 4.83. The van der Waals surface area contributed by atoms with E-state index in [-0.39, 0.29) is 60.0 Å². The third kappa shape index (κ3) is 4.87. The Labute approximate surface area is 113 Å². The normalized spacial score (nSPS) is 11.8. The molecule has 13 heavy (non-hydrogen) atoms. The second-order valence-corrected chi connectivity index (χ2v) is 22.7. The van der Waals surface area contributed by atoms with Crippen LogP contribution in [0.1, 0.15) is 0 Å². The van der Waals surface area contributed by atoms with E-state index >= 15 is 0 Å². The standard InChI is InChI=1S/C7H24Si4.CH3.Zr/c1-9(2)7(8,10(3)4)11(5)6;;/h9-11H,1-6,8H3;1H3;/q;-1;. The van der Waals surface area contributed by atoms with Crippen LogP contribution in [0.3, 0.4) is 0 Å². The van der Waals surface area contributed by atoms with Gasteiger partial charge in [-0.1, -0.05) is 43.2 Å². The Hall–Kier alpha value is 1.75. The van der Waals surface area contributed by atoms with Crippen LogP contribution >= 0.6 is 0 Å². The van der Waals surface area contributed by atoms with Gasteiger partial charge in [0, 0.05) is 62.8 Å². The zero-order valence-corrected chi connectivity index (χ0v) is 18.7. The van der Waals surface area contributed by atoms with Gasteiger partial charge in [-0.15, -0.1) is 0 Å². The first kappa shape index (κ1) is 20.2. The molecule has 0 spiro atoms. The van der Waals surface area contributed by atoms with Crippen LogP contribution in [-0.2, 0) is 26.2 Å². The van der Waals surface area contributed by atoms with Gasteiger partial charge in [0.25, 0.3) is 0 Å². The van der Waals surface area contributed by atoms with Crippen LogP contribution < -0.4 is 0 Å². The molecule has 0 aromatic carbocycles. The van der Waals surface area contributed by atoms with Gasteiger partial charge in [-0.25, -0.2) is 0 Å². The van der Waals surface area contributed by atoms with Gasteiger partial charge in [0.15, 0.2) is 0 Å². The fraction of sp³-hybridized carbons (Fsp3) is 0.875. The number of rotatable bonds is 3. The van der Waals surface area contributed by atoms with Crippen LogP contribution in [0.4, 0.5) is 0 Å². The van der Waals surface area contributed by atoms with Crippen molar-refractivity contribution in [1.82, 2.24) is 0 Å². The van der Waals surface area contributed by atoms with E-state index in [1.165, 1.54) is 10.2 Å². The summed E-state index contributed by atoms with van der Waals surface area (Å²) in [6.07, 6.45) is 0. The molecule has 0 saturated heterocycles. The summed E-state index contributed by atoms with van der Waals surface area (Å²) in [6.45, 7) is 15.5. The van der Waals surface area contributed by atoms with Crippen molar-refractivity contribution in [1.29, 1.82) is 0 Å². The van der Waals surface area contributed by atoms with Gasteiger partial charge in [-0.2, -0.15) is 0 Å². The number of hydrogen-bond donors (Lipinski definition) is 0. The summed E-state index contributed by atoms with van der Waals surface area (Å²) >= 11 is 0. The summed E-state index contributed by atoms with van der Waals surface area (Å²) in [6, 6.07) is 0. The number of hydrogen-bond acceptors (Lipinski definition) is 0. The molecule has 5 heteroatoms. The van der Waals surface area contributed by atoms with Crippen molar-refractivity contribution in [2.75, 3.05) is 0 Å². The molecular formula is C8H27Si4Zr-. The Morgan fingerprint density at radius 2 is 0.923 bits per heavy atom. The molecule has 0 amide bonds. The molecule has 0 bridgehead atoms. The van der Waals surface area contributed by atoms with E-state index in [4.69, 9.17) is 0 Å². The maximum absolute atomic E-state index is 2.58. The molecule has 0 aromatic rings. The molecule has 80 valence electrons. The molecule has 0 atom stereocenters. The van der Waals surface area contributed by atoms with Gasteiger partial charge < -0.3 is 7.43 Å². The fourth-order valence-corrected chi connectivity index (χ4v) is 18.0. The smallest absolute Gasteiger partial charge is 0.0275 e. The minimum atomic E-state index is -0.331. The Morgan fingerprint density at radius 3 is 0.923 bits per heavy atom. The van der Waals surface area contributed by atoms with Crippen LogP contribution in [0, 0.1) is 7.43 Å². The fourth-order valence-electron chi connectivity index (χ4n) is 2.00. The van der Waals surface area contributed by atoms with Gasteiger partial charge in [-0.3, -0.25) is 0 Å². The second-order valence-electron chi connectivity index (χ2n) is 4.83. The Morgan fingerprint density at radius 1 is 0.769 bits per heavy atom. The summed E-state index contributed by atoms with van der Waals surface area (Å²) in [5, 5.41) is 0. The summed E-state index contributed by atoms with van der Waals surface area (Å²) in [5.74, 6) is 0. The largest absolute Gasteiger partial charge is 0.358 e. The van der Waals surface area contributed by atoms with Gasteiger partial charge in [0.1, 0.15) is 0 Å². The maximum atomic E-state index is 2.58. The molecule has 0 N–H and O–H groups in total. The molecule has 0 radical (unpaired) electrons. The molecule has 0 heterocycles. The monoisotopic (exact) mass is 325 g/mol. The molecule has 0 saturated carbocycles. The van der Waals surface area contributed by atoms with Crippen LogP contribution in [0.5, 0.6) is 0 Å². The molecule has 0 rings (SSSR count). The van der Waals surface area contributed by atoms with Crippen molar-refractivity contribution in [2.45, 2.75) is 43.2 Å². The van der Waals surface area contributed by atoms with Crippen molar-refractivity contribution in [2.24, 2.45) is 0 Å².